The number of nitrogens with one attached hydrogen (secondary N) is 1. The third-order valence-corrected chi connectivity index (χ3v) is 4.38. The van der Waals surface area contributed by atoms with Crippen LogP contribution >= 0.6 is 0 Å². The fourth-order valence-corrected chi connectivity index (χ4v) is 2.93. The van der Waals surface area contributed by atoms with Crippen LogP contribution in [-0.4, -0.2) is 53.3 Å². The van der Waals surface area contributed by atoms with E-state index in [9.17, 15) is 9.18 Å². The Bertz CT molecular complexity index is 693. The molecule has 0 radical (unpaired) electrons. The van der Waals surface area contributed by atoms with Gasteiger partial charge in [-0.15, -0.1) is 0 Å². The maximum atomic E-state index is 13.0. The molecule has 2 aromatic rings. The molecule has 1 aromatic carbocycles. The van der Waals surface area contributed by atoms with Crippen molar-refractivity contribution in [2.45, 2.75) is 25.4 Å². The largest absolute Gasteiger partial charge is 0.378 e. The van der Waals surface area contributed by atoms with E-state index in [-0.39, 0.29) is 17.8 Å². The lowest BCUT2D eigenvalue weighted by atomic mass is 10.1. The van der Waals surface area contributed by atoms with E-state index in [1.165, 1.54) is 12.1 Å². The van der Waals surface area contributed by atoms with Gasteiger partial charge in [0.05, 0.1) is 11.8 Å². The molecule has 0 aliphatic carbocycles. The number of aromatic nitrogens is 2. The minimum absolute atomic E-state index is 0.0683. The predicted molar refractivity (Wildman–Crippen MR) is 92.5 cm³/mol. The van der Waals surface area contributed by atoms with E-state index >= 15 is 0 Å². The lowest BCUT2D eigenvalue weighted by molar-refractivity contribution is 0.00829. The molecule has 7 heteroatoms. The molecule has 0 atom stereocenters. The van der Waals surface area contributed by atoms with Crippen LogP contribution in [0.25, 0.3) is 11.3 Å². The number of aromatic amines is 1. The normalized spacial score (nSPS) is 15.5. The van der Waals surface area contributed by atoms with Gasteiger partial charge in [0.2, 0.25) is 0 Å². The van der Waals surface area contributed by atoms with Crippen LogP contribution in [0, 0.1) is 5.82 Å². The molecule has 1 aliphatic rings. The smallest absolute Gasteiger partial charge is 0.271 e. The number of piperidine rings is 1. The lowest BCUT2D eigenvalue weighted by Gasteiger charge is -2.31. The second-order valence-corrected chi connectivity index (χ2v) is 6.18. The highest BCUT2D eigenvalue weighted by Gasteiger charge is 2.25. The predicted octanol–water partition coefficient (Wildman–Crippen LogP) is 2.19. The Morgan fingerprint density at radius 3 is 2.72 bits per heavy atom. The Morgan fingerprint density at radius 2 is 2.04 bits per heavy atom. The zero-order chi connectivity index (χ0) is 17.6. The van der Waals surface area contributed by atoms with E-state index in [1.807, 2.05) is 4.90 Å². The summed E-state index contributed by atoms with van der Waals surface area (Å²) in [6.45, 7) is 2.64. The van der Waals surface area contributed by atoms with Crippen LogP contribution in [0.4, 0.5) is 4.39 Å². The number of amides is 1. The lowest BCUT2D eigenvalue weighted by Crippen LogP contribution is -2.41. The van der Waals surface area contributed by atoms with Crippen molar-refractivity contribution in [2.24, 2.45) is 5.73 Å². The second kappa shape index (κ2) is 8.22. The van der Waals surface area contributed by atoms with E-state index < -0.39 is 0 Å². The summed E-state index contributed by atoms with van der Waals surface area (Å²) in [4.78, 5) is 14.4. The van der Waals surface area contributed by atoms with Crippen molar-refractivity contribution in [2.75, 3.05) is 26.2 Å². The van der Waals surface area contributed by atoms with Gasteiger partial charge in [0.15, 0.2) is 0 Å². The number of hydrogen-bond acceptors (Lipinski definition) is 4. The van der Waals surface area contributed by atoms with Gasteiger partial charge in [-0.05, 0) is 56.1 Å². The molecule has 0 spiro atoms. The number of carbonyl (C=O) groups is 1. The molecule has 0 unspecified atom stereocenters. The quantitative estimate of drug-likeness (QED) is 0.785. The van der Waals surface area contributed by atoms with Gasteiger partial charge in [-0.3, -0.25) is 9.89 Å². The first kappa shape index (κ1) is 17.6. The Balaban J connectivity index is 1.56. The molecule has 0 saturated carbocycles. The fraction of sp³-hybridized carbons (Fsp3) is 0.444. The van der Waals surface area contributed by atoms with Crippen molar-refractivity contribution in [1.29, 1.82) is 0 Å². The summed E-state index contributed by atoms with van der Waals surface area (Å²) in [5.74, 6) is -0.367. The van der Waals surface area contributed by atoms with Crippen molar-refractivity contribution >= 4 is 5.91 Å². The number of ether oxygens (including phenoxy) is 1. The average molecular weight is 346 g/mol. The minimum Gasteiger partial charge on any atom is -0.378 e. The number of hydrogen-bond donors (Lipinski definition) is 2. The molecule has 1 fully saturated rings. The van der Waals surface area contributed by atoms with E-state index in [4.69, 9.17) is 10.5 Å². The van der Waals surface area contributed by atoms with E-state index in [0.717, 1.165) is 24.8 Å². The van der Waals surface area contributed by atoms with E-state index in [1.54, 1.807) is 18.2 Å². The Morgan fingerprint density at radius 1 is 1.32 bits per heavy atom. The molecule has 6 nitrogen and oxygen atoms in total. The number of nitrogens with two attached hydrogens (primary N) is 1. The van der Waals surface area contributed by atoms with Gasteiger partial charge in [0.25, 0.3) is 5.91 Å². The molecule has 25 heavy (non-hydrogen) atoms. The van der Waals surface area contributed by atoms with Gasteiger partial charge in [-0.1, -0.05) is 0 Å². The third kappa shape index (κ3) is 4.43. The zero-order valence-electron chi connectivity index (χ0n) is 14.1. The number of rotatable bonds is 6. The Kier molecular flexibility index (Phi) is 5.78. The molecule has 1 aliphatic heterocycles. The molecule has 1 aromatic heterocycles. The number of likely N-dealkylation sites (tertiary alicyclic amines) is 1. The average Bonchev–Trinajstić information content (AvgIpc) is 3.13. The van der Waals surface area contributed by atoms with Crippen LogP contribution in [0.2, 0.25) is 0 Å². The first-order valence-corrected chi connectivity index (χ1v) is 8.59. The SMILES string of the molecule is NCCCOC1CCN(C(=O)c2cc(-c3ccc(F)cc3)n[nH]2)CC1. The second-order valence-electron chi connectivity index (χ2n) is 6.18. The van der Waals surface area contributed by atoms with Gasteiger partial charge in [-0.2, -0.15) is 5.10 Å². The van der Waals surface area contributed by atoms with Gasteiger partial charge < -0.3 is 15.4 Å². The molecule has 134 valence electrons. The summed E-state index contributed by atoms with van der Waals surface area (Å²) in [6, 6.07) is 7.75. The Labute approximate surface area is 146 Å². The molecule has 3 N–H and O–H groups in total. The molecular formula is C18H23FN4O2. The zero-order valence-corrected chi connectivity index (χ0v) is 14.1. The highest BCUT2D eigenvalue weighted by atomic mass is 19.1. The number of H-pyrrole nitrogens is 1. The summed E-state index contributed by atoms with van der Waals surface area (Å²) in [6.07, 6.45) is 2.72. The van der Waals surface area contributed by atoms with Crippen LogP contribution in [-0.2, 0) is 4.74 Å². The van der Waals surface area contributed by atoms with Crippen molar-refractivity contribution in [3.8, 4) is 11.3 Å². The van der Waals surface area contributed by atoms with Gasteiger partial charge in [0, 0.05) is 25.3 Å². The van der Waals surface area contributed by atoms with Crippen LogP contribution in [0.5, 0.6) is 0 Å². The summed E-state index contributed by atoms with van der Waals surface area (Å²) < 4.78 is 18.8. The topological polar surface area (TPSA) is 84.2 Å². The van der Waals surface area contributed by atoms with Gasteiger partial charge >= 0.3 is 0 Å². The van der Waals surface area contributed by atoms with Crippen LogP contribution < -0.4 is 5.73 Å². The Hall–Kier alpha value is -2.25. The highest BCUT2D eigenvalue weighted by molar-refractivity contribution is 5.93. The van der Waals surface area contributed by atoms with Crippen molar-refractivity contribution in [1.82, 2.24) is 15.1 Å². The summed E-state index contributed by atoms with van der Waals surface area (Å²) >= 11 is 0. The summed E-state index contributed by atoms with van der Waals surface area (Å²) in [7, 11) is 0. The molecule has 2 heterocycles. The van der Waals surface area contributed by atoms with Crippen LogP contribution in [0.1, 0.15) is 29.8 Å². The van der Waals surface area contributed by atoms with E-state index in [2.05, 4.69) is 10.2 Å². The first-order chi connectivity index (χ1) is 12.2. The summed E-state index contributed by atoms with van der Waals surface area (Å²) in [5.41, 5.74) is 7.30. The number of halogens is 1. The summed E-state index contributed by atoms with van der Waals surface area (Å²) in [5, 5.41) is 6.95. The molecule has 1 saturated heterocycles. The van der Waals surface area contributed by atoms with Crippen LogP contribution in [0.3, 0.4) is 0 Å². The molecule has 1 amide bonds. The first-order valence-electron chi connectivity index (χ1n) is 8.59. The number of nitrogens with zero attached hydrogens (tertiary/aromatic N) is 2. The number of carbonyl (C=O) groups excluding carboxylic acids is 1. The third-order valence-electron chi connectivity index (χ3n) is 4.38. The number of benzene rings is 1. The van der Waals surface area contributed by atoms with Crippen LogP contribution in [0.15, 0.2) is 30.3 Å². The maximum Gasteiger partial charge on any atom is 0.271 e. The standard InChI is InChI=1S/C18H23FN4O2/c19-14-4-2-13(3-5-14)16-12-17(22-21-16)18(24)23-9-6-15(7-10-23)25-11-1-8-20/h2-5,12,15H,1,6-11,20H2,(H,21,22). The maximum absolute atomic E-state index is 13.0. The monoisotopic (exact) mass is 346 g/mol. The van der Waals surface area contributed by atoms with Gasteiger partial charge in [-0.25, -0.2) is 4.39 Å². The van der Waals surface area contributed by atoms with E-state index in [0.29, 0.717) is 37.6 Å². The van der Waals surface area contributed by atoms with Crippen molar-refractivity contribution < 1.29 is 13.9 Å². The van der Waals surface area contributed by atoms with Gasteiger partial charge in [0.1, 0.15) is 11.5 Å². The fourth-order valence-electron chi connectivity index (χ4n) is 2.93. The highest BCUT2D eigenvalue weighted by Crippen LogP contribution is 2.20. The molecule has 0 bridgehead atoms. The minimum atomic E-state index is -0.299. The van der Waals surface area contributed by atoms with Crippen molar-refractivity contribution in [3.05, 3.63) is 41.8 Å². The van der Waals surface area contributed by atoms with Crippen molar-refractivity contribution in [3.63, 3.8) is 0 Å². The molecular weight excluding hydrogens is 323 g/mol. The molecule has 3 rings (SSSR count).